The molecule has 1 aromatic heterocycles. The Hall–Kier alpha value is -2.05. The van der Waals surface area contributed by atoms with Crippen molar-refractivity contribution in [3.63, 3.8) is 0 Å². The summed E-state index contributed by atoms with van der Waals surface area (Å²) in [4.78, 5) is 27.8. The summed E-state index contributed by atoms with van der Waals surface area (Å²) in [5.41, 5.74) is 0.0147. The molecule has 0 aromatic carbocycles. The van der Waals surface area contributed by atoms with Crippen molar-refractivity contribution in [2.45, 2.75) is 19.4 Å². The number of carbonyl (C=O) groups excluding carboxylic acids is 1. The molecule has 0 radical (unpaired) electrons. The van der Waals surface area contributed by atoms with Crippen molar-refractivity contribution in [2.75, 3.05) is 19.6 Å². The first kappa shape index (κ1) is 12.4. The summed E-state index contributed by atoms with van der Waals surface area (Å²) in [5, 5.41) is 11.5. The summed E-state index contributed by atoms with van der Waals surface area (Å²) >= 11 is 0. The molecule has 1 saturated heterocycles. The van der Waals surface area contributed by atoms with Gasteiger partial charge in [0, 0.05) is 32.4 Å². The maximum absolute atomic E-state index is 11.6. The number of carboxylic acids is 1. The highest BCUT2D eigenvalue weighted by molar-refractivity contribution is 5.84. The van der Waals surface area contributed by atoms with E-state index in [4.69, 9.17) is 5.11 Å². The molecule has 98 valence electrons. The van der Waals surface area contributed by atoms with Crippen molar-refractivity contribution >= 4 is 12.0 Å². The Bertz CT molecular complexity index is 437. The van der Waals surface area contributed by atoms with Crippen molar-refractivity contribution in [1.29, 1.82) is 0 Å². The minimum absolute atomic E-state index is 0.0147. The number of hydrogen-bond acceptors (Lipinski definition) is 3. The molecular formula is C11H16N4O3. The van der Waals surface area contributed by atoms with Crippen LogP contribution in [-0.4, -0.2) is 51.2 Å². The summed E-state index contributed by atoms with van der Waals surface area (Å²) in [6.07, 6.45) is 5.03. The van der Waals surface area contributed by atoms with Crippen LogP contribution in [0.5, 0.6) is 0 Å². The minimum Gasteiger partial charge on any atom is -0.476 e. The number of nitrogens with one attached hydrogen (secondary N) is 1. The van der Waals surface area contributed by atoms with Crippen molar-refractivity contribution in [2.24, 2.45) is 0 Å². The number of rotatable bonds is 4. The molecule has 1 fully saturated rings. The largest absolute Gasteiger partial charge is 0.476 e. The van der Waals surface area contributed by atoms with Crippen molar-refractivity contribution in [1.82, 2.24) is 19.8 Å². The van der Waals surface area contributed by atoms with E-state index in [0.29, 0.717) is 13.1 Å². The van der Waals surface area contributed by atoms with Gasteiger partial charge in [-0.25, -0.2) is 14.6 Å². The number of nitrogens with zero attached hydrogens (tertiary/aromatic N) is 3. The van der Waals surface area contributed by atoms with Gasteiger partial charge in [0.15, 0.2) is 5.69 Å². The molecular weight excluding hydrogens is 236 g/mol. The molecule has 0 saturated carbocycles. The van der Waals surface area contributed by atoms with Crippen LogP contribution in [0.3, 0.4) is 0 Å². The molecule has 0 bridgehead atoms. The molecule has 18 heavy (non-hydrogen) atoms. The fraction of sp³-hybridized carbons (Fsp3) is 0.545. The van der Waals surface area contributed by atoms with Crippen LogP contribution < -0.4 is 5.32 Å². The first-order valence-corrected chi connectivity index (χ1v) is 5.94. The summed E-state index contributed by atoms with van der Waals surface area (Å²) in [5.74, 6) is -1.05. The van der Waals surface area contributed by atoms with Crippen LogP contribution in [0.25, 0.3) is 0 Å². The first-order chi connectivity index (χ1) is 8.66. The zero-order valence-corrected chi connectivity index (χ0v) is 10.0. The van der Waals surface area contributed by atoms with Gasteiger partial charge in [-0.2, -0.15) is 0 Å². The van der Waals surface area contributed by atoms with Crippen LogP contribution in [0.1, 0.15) is 23.3 Å². The van der Waals surface area contributed by atoms with Gasteiger partial charge in [0.25, 0.3) is 0 Å². The van der Waals surface area contributed by atoms with Crippen LogP contribution >= 0.6 is 0 Å². The van der Waals surface area contributed by atoms with E-state index in [1.54, 1.807) is 9.47 Å². The van der Waals surface area contributed by atoms with Gasteiger partial charge in [-0.15, -0.1) is 0 Å². The second kappa shape index (κ2) is 5.52. The molecule has 0 aliphatic carbocycles. The quantitative estimate of drug-likeness (QED) is 0.811. The van der Waals surface area contributed by atoms with E-state index < -0.39 is 5.97 Å². The molecule has 1 aromatic rings. The Morgan fingerprint density at radius 1 is 1.39 bits per heavy atom. The topological polar surface area (TPSA) is 87.5 Å². The third-order valence-electron chi connectivity index (χ3n) is 2.89. The molecule has 7 heteroatoms. The lowest BCUT2D eigenvalue weighted by molar-refractivity contribution is 0.0691. The molecule has 7 nitrogen and oxygen atoms in total. The monoisotopic (exact) mass is 252 g/mol. The van der Waals surface area contributed by atoms with Crippen LogP contribution in [0, 0.1) is 0 Å². The molecule has 0 unspecified atom stereocenters. The lowest BCUT2D eigenvalue weighted by Crippen LogP contribution is -2.39. The molecule has 2 heterocycles. The number of aromatic nitrogens is 2. The van der Waals surface area contributed by atoms with E-state index in [9.17, 15) is 9.59 Å². The summed E-state index contributed by atoms with van der Waals surface area (Å²) < 4.78 is 1.65. The first-order valence-electron chi connectivity index (χ1n) is 5.94. The van der Waals surface area contributed by atoms with Gasteiger partial charge in [-0.1, -0.05) is 0 Å². The van der Waals surface area contributed by atoms with E-state index in [0.717, 1.165) is 25.9 Å². The zero-order valence-electron chi connectivity index (χ0n) is 10.0. The fourth-order valence-electron chi connectivity index (χ4n) is 1.92. The highest BCUT2D eigenvalue weighted by Crippen LogP contribution is 2.06. The zero-order chi connectivity index (χ0) is 13.0. The van der Waals surface area contributed by atoms with E-state index in [2.05, 4.69) is 10.3 Å². The Kier molecular flexibility index (Phi) is 3.81. The SMILES string of the molecule is O=C(O)c1cn(CCNC(=O)N2CCCC2)cn1. The number of likely N-dealkylation sites (tertiary alicyclic amines) is 1. The normalized spacial score (nSPS) is 14.8. The predicted octanol–water partition coefficient (Wildman–Crippen LogP) is 0.387. The molecule has 0 atom stereocenters. The number of carboxylic acid groups (broad SMARTS) is 1. The lowest BCUT2D eigenvalue weighted by Gasteiger charge is -2.16. The number of carbonyl (C=O) groups is 2. The van der Waals surface area contributed by atoms with Crippen molar-refractivity contribution in [3.05, 3.63) is 18.2 Å². The van der Waals surface area contributed by atoms with E-state index in [1.807, 2.05) is 0 Å². The molecule has 0 spiro atoms. The standard InChI is InChI=1S/C11H16N4O3/c16-10(17)9-7-14(8-13-9)6-3-12-11(18)15-4-1-2-5-15/h7-8H,1-6H2,(H,12,18)(H,16,17). The highest BCUT2D eigenvalue weighted by atomic mass is 16.4. The fourth-order valence-corrected chi connectivity index (χ4v) is 1.92. The summed E-state index contributed by atoms with van der Waals surface area (Å²) in [7, 11) is 0. The van der Waals surface area contributed by atoms with Crippen LogP contribution in [0.4, 0.5) is 4.79 Å². The van der Waals surface area contributed by atoms with Crippen molar-refractivity contribution < 1.29 is 14.7 Å². The van der Waals surface area contributed by atoms with Gasteiger partial charge in [0.05, 0.1) is 6.33 Å². The van der Waals surface area contributed by atoms with Crippen LogP contribution in [0.2, 0.25) is 0 Å². The number of amides is 2. The molecule has 2 rings (SSSR count). The van der Waals surface area contributed by atoms with Gasteiger partial charge in [-0.3, -0.25) is 0 Å². The second-order valence-electron chi connectivity index (χ2n) is 4.23. The van der Waals surface area contributed by atoms with Crippen molar-refractivity contribution in [3.8, 4) is 0 Å². The Morgan fingerprint density at radius 3 is 2.72 bits per heavy atom. The summed E-state index contributed by atoms with van der Waals surface area (Å²) in [6.45, 7) is 2.62. The highest BCUT2D eigenvalue weighted by Gasteiger charge is 2.16. The number of imidazole rings is 1. The molecule has 1 aliphatic heterocycles. The molecule has 1 aliphatic rings. The van der Waals surface area contributed by atoms with Gasteiger partial charge in [-0.05, 0) is 12.8 Å². The summed E-state index contributed by atoms with van der Waals surface area (Å²) in [6, 6.07) is -0.0499. The van der Waals surface area contributed by atoms with Gasteiger partial charge >= 0.3 is 12.0 Å². The minimum atomic E-state index is -1.05. The Morgan fingerprint density at radius 2 is 2.11 bits per heavy atom. The predicted molar refractivity (Wildman–Crippen MR) is 63.4 cm³/mol. The Balaban J connectivity index is 1.74. The number of urea groups is 1. The third kappa shape index (κ3) is 2.99. The molecule has 2 amide bonds. The lowest BCUT2D eigenvalue weighted by atomic mass is 10.4. The average Bonchev–Trinajstić information content (AvgIpc) is 3.00. The van der Waals surface area contributed by atoms with E-state index in [1.165, 1.54) is 12.5 Å². The van der Waals surface area contributed by atoms with E-state index >= 15 is 0 Å². The average molecular weight is 252 g/mol. The van der Waals surface area contributed by atoms with E-state index in [-0.39, 0.29) is 11.7 Å². The number of aromatic carboxylic acids is 1. The Labute approximate surface area is 104 Å². The third-order valence-corrected chi connectivity index (χ3v) is 2.89. The van der Waals surface area contributed by atoms with Gasteiger partial charge in [0.2, 0.25) is 0 Å². The smallest absolute Gasteiger partial charge is 0.356 e. The maximum Gasteiger partial charge on any atom is 0.356 e. The maximum atomic E-state index is 11.6. The van der Waals surface area contributed by atoms with Crippen LogP contribution in [-0.2, 0) is 6.54 Å². The number of hydrogen-bond donors (Lipinski definition) is 2. The van der Waals surface area contributed by atoms with Gasteiger partial charge < -0.3 is 19.9 Å². The van der Waals surface area contributed by atoms with Crippen LogP contribution in [0.15, 0.2) is 12.5 Å². The van der Waals surface area contributed by atoms with Gasteiger partial charge in [0.1, 0.15) is 0 Å². The second-order valence-corrected chi connectivity index (χ2v) is 4.23. The molecule has 2 N–H and O–H groups in total.